The number of aromatic hydroxyl groups is 1. The fourth-order valence-corrected chi connectivity index (χ4v) is 4.78. The lowest BCUT2D eigenvalue weighted by Gasteiger charge is -2.16. The Labute approximate surface area is 214 Å². The van der Waals surface area contributed by atoms with E-state index >= 15 is 0 Å². The van der Waals surface area contributed by atoms with E-state index in [2.05, 4.69) is 37.5 Å². The van der Waals surface area contributed by atoms with Crippen molar-refractivity contribution in [3.05, 3.63) is 73.6 Å². The molecule has 0 aliphatic carbocycles. The molecule has 2 heterocycles. The Bertz CT molecular complexity index is 1330. The van der Waals surface area contributed by atoms with Crippen molar-refractivity contribution in [2.45, 2.75) is 25.8 Å². The van der Waals surface area contributed by atoms with Gasteiger partial charge in [0.25, 0.3) is 0 Å². The number of hydrogen-bond donors (Lipinski definition) is 4. The molecule has 4 N–H and O–H groups in total. The van der Waals surface area contributed by atoms with Gasteiger partial charge in [-0.3, -0.25) is 4.57 Å². The first kappa shape index (κ1) is 24.4. The fourth-order valence-electron chi connectivity index (χ4n) is 3.82. The van der Waals surface area contributed by atoms with Gasteiger partial charge in [0.15, 0.2) is 0 Å². The summed E-state index contributed by atoms with van der Waals surface area (Å²) < 4.78 is 7.73. The first-order chi connectivity index (χ1) is 16.4. The third kappa shape index (κ3) is 5.01. The molecule has 8 nitrogen and oxygen atoms in total. The fraction of sp³-hybridized carbons (Fsp3) is 0.250. The van der Waals surface area contributed by atoms with Crippen molar-refractivity contribution in [3.8, 4) is 34.1 Å². The molecule has 1 atom stereocenters. The molecule has 0 bridgehead atoms. The average molecular weight is 595 g/mol. The van der Waals surface area contributed by atoms with Crippen molar-refractivity contribution in [1.29, 1.82) is 0 Å². The van der Waals surface area contributed by atoms with Crippen molar-refractivity contribution < 1.29 is 14.9 Å². The van der Waals surface area contributed by atoms with E-state index in [0.29, 0.717) is 34.3 Å². The van der Waals surface area contributed by atoms with Crippen molar-refractivity contribution in [1.82, 2.24) is 19.5 Å². The molecular weight excluding hydrogens is 571 g/mol. The summed E-state index contributed by atoms with van der Waals surface area (Å²) in [6, 6.07) is 12.2. The number of halogens is 2. The standard InChI is InChI=1S/C24H24ClIN4O4/c1-2-3-20(22-27-13-19(28-22)17-9-6-15(26)12-18(17)25)30-23(32)21(29-24(30)33)14-4-7-16(8-5-14)34-11-10-31/h4-9,12-13,20,31-32H,2-3,10-11H2,1H3,(H,27,28)(H,29,33)/t20-/m0/s1. The topological polar surface area (TPSA) is 116 Å². The molecule has 0 saturated heterocycles. The first-order valence-corrected chi connectivity index (χ1v) is 12.3. The maximum Gasteiger partial charge on any atom is 0.329 e. The summed E-state index contributed by atoms with van der Waals surface area (Å²) in [6.07, 6.45) is 3.05. The third-order valence-corrected chi connectivity index (χ3v) is 6.40. The number of aliphatic hydroxyl groups excluding tert-OH is 1. The van der Waals surface area contributed by atoms with E-state index in [0.717, 1.165) is 21.2 Å². The number of aromatic nitrogens is 4. The molecule has 0 saturated carbocycles. The molecule has 2 aromatic carbocycles. The maximum absolute atomic E-state index is 12.9. The molecule has 4 rings (SSSR count). The number of nitrogens with zero attached hydrogens (tertiary/aromatic N) is 2. The molecule has 2 aromatic heterocycles. The van der Waals surface area contributed by atoms with Crippen LogP contribution in [0.1, 0.15) is 31.6 Å². The van der Waals surface area contributed by atoms with E-state index < -0.39 is 11.7 Å². The van der Waals surface area contributed by atoms with E-state index in [-0.39, 0.29) is 19.1 Å². The highest BCUT2D eigenvalue weighted by Crippen LogP contribution is 2.34. The summed E-state index contributed by atoms with van der Waals surface area (Å²) in [5.41, 5.74) is 2.06. The highest BCUT2D eigenvalue weighted by Gasteiger charge is 2.25. The number of imidazole rings is 2. The molecule has 4 aromatic rings. The average Bonchev–Trinajstić information content (AvgIpc) is 3.41. The largest absolute Gasteiger partial charge is 0.493 e. The van der Waals surface area contributed by atoms with Gasteiger partial charge in [0.1, 0.15) is 23.9 Å². The quantitative estimate of drug-likeness (QED) is 0.205. The minimum Gasteiger partial charge on any atom is -0.493 e. The second-order valence-electron chi connectivity index (χ2n) is 7.71. The van der Waals surface area contributed by atoms with Gasteiger partial charge in [0.2, 0.25) is 5.88 Å². The molecule has 10 heteroatoms. The zero-order valence-electron chi connectivity index (χ0n) is 18.4. The second kappa shape index (κ2) is 10.7. The zero-order valence-corrected chi connectivity index (χ0v) is 21.3. The van der Waals surface area contributed by atoms with E-state index in [1.807, 2.05) is 25.1 Å². The van der Waals surface area contributed by atoms with Crippen LogP contribution in [0.3, 0.4) is 0 Å². The molecule has 0 amide bonds. The van der Waals surface area contributed by atoms with Crippen molar-refractivity contribution in [2.24, 2.45) is 0 Å². The Morgan fingerprint density at radius 3 is 2.65 bits per heavy atom. The number of aliphatic hydroxyl groups is 1. The van der Waals surface area contributed by atoms with Crippen molar-refractivity contribution in [3.63, 3.8) is 0 Å². The predicted molar refractivity (Wildman–Crippen MR) is 140 cm³/mol. The van der Waals surface area contributed by atoms with Crippen LogP contribution >= 0.6 is 34.2 Å². The van der Waals surface area contributed by atoms with Crippen LogP contribution in [0.4, 0.5) is 0 Å². The van der Waals surface area contributed by atoms with Crippen LogP contribution < -0.4 is 10.4 Å². The Morgan fingerprint density at radius 2 is 1.97 bits per heavy atom. The molecule has 0 radical (unpaired) electrons. The highest BCUT2D eigenvalue weighted by atomic mass is 127. The van der Waals surface area contributed by atoms with Crippen LogP contribution in [-0.2, 0) is 0 Å². The van der Waals surface area contributed by atoms with E-state index in [9.17, 15) is 9.90 Å². The second-order valence-corrected chi connectivity index (χ2v) is 9.36. The third-order valence-electron chi connectivity index (χ3n) is 5.41. The lowest BCUT2D eigenvalue weighted by molar-refractivity contribution is 0.201. The Hall–Kier alpha value is -2.76. The van der Waals surface area contributed by atoms with Gasteiger partial charge in [-0.05, 0) is 65.4 Å². The molecule has 0 aliphatic heterocycles. The summed E-state index contributed by atoms with van der Waals surface area (Å²) in [5.74, 6) is 0.972. The minimum atomic E-state index is -0.494. The molecular formula is C24H24ClIN4O4. The normalized spacial score (nSPS) is 12.1. The number of rotatable bonds is 9. The van der Waals surface area contributed by atoms with Gasteiger partial charge >= 0.3 is 5.69 Å². The van der Waals surface area contributed by atoms with E-state index in [4.69, 9.17) is 21.4 Å². The van der Waals surface area contributed by atoms with Crippen LogP contribution in [0, 0.1) is 3.57 Å². The lowest BCUT2D eigenvalue weighted by Crippen LogP contribution is -2.23. The molecule has 0 spiro atoms. The van der Waals surface area contributed by atoms with Crippen molar-refractivity contribution in [2.75, 3.05) is 13.2 Å². The van der Waals surface area contributed by atoms with Gasteiger partial charge in [-0.1, -0.05) is 31.0 Å². The van der Waals surface area contributed by atoms with Gasteiger partial charge in [-0.15, -0.1) is 0 Å². The molecule has 0 unspecified atom stereocenters. The summed E-state index contributed by atoms with van der Waals surface area (Å²) >= 11 is 8.62. The highest BCUT2D eigenvalue weighted by molar-refractivity contribution is 14.1. The smallest absolute Gasteiger partial charge is 0.329 e. The number of H-pyrrole nitrogens is 2. The summed E-state index contributed by atoms with van der Waals surface area (Å²) in [4.78, 5) is 23.5. The number of nitrogens with one attached hydrogen (secondary N) is 2. The summed E-state index contributed by atoms with van der Waals surface area (Å²) in [7, 11) is 0. The zero-order chi connectivity index (χ0) is 24.2. The number of ether oxygens (including phenoxy) is 1. The Balaban J connectivity index is 1.69. The molecule has 0 aliphatic rings. The van der Waals surface area contributed by atoms with Gasteiger partial charge in [-0.25, -0.2) is 9.78 Å². The maximum atomic E-state index is 12.9. The number of hydrogen-bond acceptors (Lipinski definition) is 5. The van der Waals surface area contributed by atoms with E-state index in [1.165, 1.54) is 4.57 Å². The monoisotopic (exact) mass is 594 g/mol. The summed E-state index contributed by atoms with van der Waals surface area (Å²) in [6.45, 7) is 2.12. The SMILES string of the molecule is CCC[C@@H](c1ncc(-c2ccc(I)cc2Cl)[nH]1)n1c(O)c(-c2ccc(OCCO)cc2)[nH]c1=O. The molecule has 0 fully saturated rings. The van der Waals surface area contributed by atoms with Crippen molar-refractivity contribution >= 4 is 34.2 Å². The number of benzene rings is 2. The Kier molecular flexibility index (Phi) is 7.64. The summed E-state index contributed by atoms with van der Waals surface area (Å²) in [5, 5.41) is 20.5. The van der Waals surface area contributed by atoms with Gasteiger partial charge in [0.05, 0.1) is 29.6 Å². The van der Waals surface area contributed by atoms with Crippen LogP contribution in [0.2, 0.25) is 5.02 Å². The van der Waals surface area contributed by atoms with Gasteiger partial charge in [-0.2, -0.15) is 0 Å². The number of aromatic amines is 2. The predicted octanol–water partition coefficient (Wildman–Crippen LogP) is 4.96. The lowest BCUT2D eigenvalue weighted by atomic mass is 10.1. The molecule has 34 heavy (non-hydrogen) atoms. The van der Waals surface area contributed by atoms with Crippen LogP contribution in [0.5, 0.6) is 11.6 Å². The molecule has 178 valence electrons. The van der Waals surface area contributed by atoms with E-state index in [1.54, 1.807) is 30.5 Å². The Morgan fingerprint density at radius 1 is 1.21 bits per heavy atom. The van der Waals surface area contributed by atoms with Gasteiger partial charge < -0.3 is 24.9 Å². The minimum absolute atomic E-state index is 0.0815. The van der Waals surface area contributed by atoms with Gasteiger partial charge in [0, 0.05) is 14.7 Å². The first-order valence-electron chi connectivity index (χ1n) is 10.8. The van der Waals surface area contributed by atoms with Crippen LogP contribution in [-0.4, -0.2) is 42.9 Å². The van der Waals surface area contributed by atoms with Crippen LogP contribution in [0.25, 0.3) is 22.5 Å². The van der Waals surface area contributed by atoms with Crippen LogP contribution in [0.15, 0.2) is 53.5 Å².